The lowest BCUT2D eigenvalue weighted by Crippen LogP contribution is -2.45. The van der Waals surface area contributed by atoms with Gasteiger partial charge in [-0.3, -0.25) is 4.79 Å². The molecule has 0 aliphatic heterocycles. The molecule has 0 saturated carbocycles. The van der Waals surface area contributed by atoms with Crippen molar-refractivity contribution in [2.45, 2.75) is 38.5 Å². The number of nitrogens with one attached hydrogen (secondary N) is 1. The number of anilines is 1. The number of aromatic nitrogens is 1. The van der Waals surface area contributed by atoms with Crippen molar-refractivity contribution in [3.63, 3.8) is 0 Å². The average molecular weight is 388 g/mol. The minimum absolute atomic E-state index is 0.281. The van der Waals surface area contributed by atoms with Gasteiger partial charge in [-0.15, -0.1) is 11.3 Å². The summed E-state index contributed by atoms with van der Waals surface area (Å²) >= 11 is 0.662. The number of hydrogen-bond donors (Lipinski definition) is 2. The Hall–Kier alpha value is -2.13. The summed E-state index contributed by atoms with van der Waals surface area (Å²) in [6.45, 7) is 3.93. The van der Waals surface area contributed by atoms with Crippen LogP contribution in [0, 0.1) is 6.92 Å². The largest absolute Gasteiger partial charge is 0.494 e. The predicted octanol–water partition coefficient (Wildman–Crippen LogP) is 4.02. The molecule has 26 heavy (non-hydrogen) atoms. The van der Waals surface area contributed by atoms with Crippen LogP contribution in [0.25, 0.3) is 0 Å². The molecule has 1 amide bonds. The van der Waals surface area contributed by atoms with Crippen molar-refractivity contribution in [2.24, 2.45) is 0 Å². The third kappa shape index (κ3) is 4.73. The molecule has 0 aliphatic rings. The molecule has 2 aromatic rings. The highest BCUT2D eigenvalue weighted by molar-refractivity contribution is 7.09. The first-order chi connectivity index (χ1) is 12.2. The van der Waals surface area contributed by atoms with Gasteiger partial charge >= 0.3 is 6.18 Å². The summed E-state index contributed by atoms with van der Waals surface area (Å²) in [7, 11) is 0. The molecular weight excluding hydrogens is 369 g/mol. The Morgan fingerprint density at radius 3 is 2.69 bits per heavy atom. The van der Waals surface area contributed by atoms with Crippen LogP contribution in [0.1, 0.15) is 30.5 Å². The van der Waals surface area contributed by atoms with Gasteiger partial charge in [0.25, 0.3) is 0 Å². The second-order valence-corrected chi connectivity index (χ2v) is 6.61. The molecule has 0 saturated heterocycles. The van der Waals surface area contributed by atoms with Gasteiger partial charge in [0.1, 0.15) is 10.8 Å². The summed E-state index contributed by atoms with van der Waals surface area (Å²) in [6.07, 6.45) is -5.44. The zero-order valence-electron chi connectivity index (χ0n) is 14.3. The standard InChI is InChI=1S/C17H19F3N2O3S/c1-3-7-25-13-6-4-5-12(8-13)22-14(23)9-16(24,17(18,19)20)15-21-11(2)10-26-15/h4-6,8,10,24H,3,7,9H2,1-2H3,(H,22,23). The number of benzene rings is 1. The van der Waals surface area contributed by atoms with Crippen molar-refractivity contribution in [2.75, 3.05) is 11.9 Å². The quantitative estimate of drug-likeness (QED) is 0.752. The first-order valence-electron chi connectivity index (χ1n) is 7.90. The van der Waals surface area contributed by atoms with Crippen LogP contribution < -0.4 is 10.1 Å². The van der Waals surface area contributed by atoms with E-state index in [2.05, 4.69) is 10.3 Å². The molecule has 2 N–H and O–H groups in total. The highest BCUT2D eigenvalue weighted by Gasteiger charge is 2.58. The maximum absolute atomic E-state index is 13.4. The first-order valence-corrected chi connectivity index (χ1v) is 8.78. The van der Waals surface area contributed by atoms with Crippen molar-refractivity contribution in [1.82, 2.24) is 4.98 Å². The molecule has 1 unspecified atom stereocenters. The van der Waals surface area contributed by atoms with Gasteiger partial charge in [-0.1, -0.05) is 13.0 Å². The van der Waals surface area contributed by atoms with Crippen LogP contribution in [-0.4, -0.2) is 28.8 Å². The molecule has 0 fully saturated rings. The summed E-state index contributed by atoms with van der Waals surface area (Å²) in [4.78, 5) is 15.9. The fourth-order valence-corrected chi connectivity index (χ4v) is 3.08. The minimum atomic E-state index is -5.04. The van der Waals surface area contributed by atoms with Crippen molar-refractivity contribution in [3.8, 4) is 5.75 Å². The van der Waals surface area contributed by atoms with E-state index in [1.54, 1.807) is 12.1 Å². The number of amides is 1. The van der Waals surface area contributed by atoms with Crippen molar-refractivity contribution < 1.29 is 27.8 Å². The molecule has 1 heterocycles. The number of nitrogens with zero attached hydrogens (tertiary/aromatic N) is 1. The molecule has 1 atom stereocenters. The predicted molar refractivity (Wildman–Crippen MR) is 92.3 cm³/mol. The fourth-order valence-electron chi connectivity index (χ4n) is 2.16. The van der Waals surface area contributed by atoms with E-state index >= 15 is 0 Å². The van der Waals surface area contributed by atoms with E-state index in [1.165, 1.54) is 24.4 Å². The SMILES string of the molecule is CCCOc1cccc(NC(=O)CC(O)(c2nc(C)cs2)C(F)(F)F)c1. The van der Waals surface area contributed by atoms with Crippen LogP contribution in [0.2, 0.25) is 0 Å². The maximum atomic E-state index is 13.4. The van der Waals surface area contributed by atoms with Crippen LogP contribution >= 0.6 is 11.3 Å². The van der Waals surface area contributed by atoms with E-state index in [0.29, 0.717) is 29.4 Å². The lowest BCUT2D eigenvalue weighted by atomic mass is 9.99. The molecule has 0 radical (unpaired) electrons. The summed E-state index contributed by atoms with van der Waals surface area (Å²) in [5.41, 5.74) is -2.72. The Kier molecular flexibility index (Phi) is 6.25. The third-order valence-electron chi connectivity index (χ3n) is 3.45. The number of aryl methyl sites for hydroxylation is 1. The second kappa shape index (κ2) is 8.05. The molecule has 1 aromatic carbocycles. The van der Waals surface area contributed by atoms with E-state index in [-0.39, 0.29) is 5.69 Å². The Labute approximate surface area is 152 Å². The third-order valence-corrected chi connectivity index (χ3v) is 4.56. The van der Waals surface area contributed by atoms with Gasteiger partial charge < -0.3 is 15.2 Å². The van der Waals surface area contributed by atoms with Gasteiger partial charge in [0.2, 0.25) is 11.5 Å². The topological polar surface area (TPSA) is 71.5 Å². The summed E-state index contributed by atoms with van der Waals surface area (Å²) in [5, 5.41) is 13.4. The van der Waals surface area contributed by atoms with Crippen LogP contribution in [0.5, 0.6) is 5.75 Å². The summed E-state index contributed by atoms with van der Waals surface area (Å²) in [6, 6.07) is 6.32. The zero-order valence-corrected chi connectivity index (χ0v) is 15.1. The van der Waals surface area contributed by atoms with Gasteiger partial charge in [0.15, 0.2) is 0 Å². The van der Waals surface area contributed by atoms with Gasteiger partial charge in [-0.2, -0.15) is 13.2 Å². The summed E-state index contributed by atoms with van der Waals surface area (Å²) < 4.78 is 45.7. The average Bonchev–Trinajstić information content (AvgIpc) is 2.99. The van der Waals surface area contributed by atoms with Gasteiger partial charge in [-0.25, -0.2) is 4.98 Å². The minimum Gasteiger partial charge on any atom is -0.494 e. The van der Waals surface area contributed by atoms with Gasteiger partial charge in [0.05, 0.1) is 13.0 Å². The molecule has 2 rings (SSSR count). The van der Waals surface area contributed by atoms with Crippen molar-refractivity contribution >= 4 is 22.9 Å². The smallest absolute Gasteiger partial charge is 0.424 e. The number of thiazole rings is 1. The van der Waals surface area contributed by atoms with Gasteiger partial charge in [-0.05, 0) is 25.5 Å². The number of hydrogen-bond acceptors (Lipinski definition) is 5. The van der Waals surface area contributed by atoms with Crippen LogP contribution in [0.4, 0.5) is 18.9 Å². The molecule has 142 valence electrons. The van der Waals surface area contributed by atoms with Gasteiger partial charge in [0, 0.05) is 22.8 Å². The van der Waals surface area contributed by atoms with Crippen LogP contribution in [0.3, 0.4) is 0 Å². The van der Waals surface area contributed by atoms with Crippen molar-refractivity contribution in [1.29, 1.82) is 0 Å². The van der Waals surface area contributed by atoms with E-state index in [4.69, 9.17) is 4.74 Å². The van der Waals surface area contributed by atoms with E-state index in [9.17, 15) is 23.1 Å². The maximum Gasteiger partial charge on any atom is 0.424 e. The molecule has 5 nitrogen and oxygen atoms in total. The normalized spacial score (nSPS) is 13.9. The highest BCUT2D eigenvalue weighted by Crippen LogP contribution is 2.43. The Morgan fingerprint density at radius 2 is 2.12 bits per heavy atom. The number of carbonyl (C=O) groups excluding carboxylic acids is 1. The Balaban J connectivity index is 2.16. The highest BCUT2D eigenvalue weighted by atomic mass is 32.1. The van der Waals surface area contributed by atoms with E-state index in [0.717, 1.165) is 6.42 Å². The molecule has 0 aliphatic carbocycles. The monoisotopic (exact) mass is 388 g/mol. The Bertz CT molecular complexity index is 764. The molecule has 0 spiro atoms. The molecular formula is C17H19F3N2O3S. The number of carbonyl (C=O) groups is 1. The number of rotatable bonds is 7. The molecule has 0 bridgehead atoms. The number of aliphatic hydroxyl groups is 1. The lowest BCUT2D eigenvalue weighted by Gasteiger charge is -2.27. The first kappa shape index (κ1) is 20.2. The van der Waals surface area contributed by atoms with E-state index < -0.39 is 29.1 Å². The number of alkyl halides is 3. The number of ether oxygens (including phenoxy) is 1. The fraction of sp³-hybridized carbons (Fsp3) is 0.412. The second-order valence-electron chi connectivity index (χ2n) is 5.75. The lowest BCUT2D eigenvalue weighted by molar-refractivity contribution is -0.266. The number of halogens is 3. The molecule has 9 heteroatoms. The van der Waals surface area contributed by atoms with E-state index in [1.807, 2.05) is 6.92 Å². The Morgan fingerprint density at radius 1 is 1.38 bits per heavy atom. The van der Waals surface area contributed by atoms with Crippen LogP contribution in [-0.2, 0) is 10.4 Å². The molecule has 1 aromatic heterocycles. The van der Waals surface area contributed by atoms with Crippen LogP contribution in [0.15, 0.2) is 29.6 Å². The summed E-state index contributed by atoms with van der Waals surface area (Å²) in [5.74, 6) is -0.489. The zero-order chi connectivity index (χ0) is 19.4. The van der Waals surface area contributed by atoms with Crippen molar-refractivity contribution in [3.05, 3.63) is 40.3 Å².